The van der Waals surface area contributed by atoms with Crippen LogP contribution >= 0.6 is 0 Å². The Morgan fingerprint density at radius 3 is 2.63 bits per heavy atom. The molecule has 0 spiro atoms. The van der Waals surface area contributed by atoms with E-state index in [4.69, 9.17) is 4.42 Å². The number of fused-ring (bicyclic) bond motifs is 1. The van der Waals surface area contributed by atoms with Crippen molar-refractivity contribution in [2.45, 2.75) is 23.8 Å². The van der Waals surface area contributed by atoms with E-state index in [2.05, 4.69) is 9.71 Å². The van der Waals surface area contributed by atoms with Gasteiger partial charge in [-0.15, -0.1) is 4.40 Å². The van der Waals surface area contributed by atoms with Gasteiger partial charge in [-0.3, -0.25) is 9.69 Å². The number of carbonyl (C=O) groups excluding carboxylic acids is 1. The predicted octanol–water partition coefficient (Wildman–Crippen LogP) is 1.86. The smallest absolute Gasteiger partial charge is 0.285 e. The van der Waals surface area contributed by atoms with Crippen LogP contribution in [0.3, 0.4) is 0 Å². The van der Waals surface area contributed by atoms with Gasteiger partial charge >= 0.3 is 0 Å². The number of piperidine rings is 1. The van der Waals surface area contributed by atoms with Crippen molar-refractivity contribution >= 4 is 21.8 Å². The first kappa shape index (κ1) is 20.6. The van der Waals surface area contributed by atoms with Crippen molar-refractivity contribution in [2.75, 3.05) is 33.7 Å². The Bertz CT molecular complexity index is 1040. The average Bonchev–Trinajstić information content (AvgIpc) is 3.35. The van der Waals surface area contributed by atoms with Gasteiger partial charge in [0.1, 0.15) is 10.7 Å². The van der Waals surface area contributed by atoms with Crippen molar-refractivity contribution in [3.05, 3.63) is 54.0 Å². The van der Waals surface area contributed by atoms with Gasteiger partial charge in [0.25, 0.3) is 10.0 Å². The van der Waals surface area contributed by atoms with Gasteiger partial charge in [-0.1, -0.05) is 12.1 Å². The van der Waals surface area contributed by atoms with Crippen LogP contribution in [-0.4, -0.2) is 63.7 Å². The molecule has 1 atom stereocenters. The number of carbonyl (C=O) groups is 1. The van der Waals surface area contributed by atoms with Crippen molar-refractivity contribution in [3.8, 4) is 0 Å². The van der Waals surface area contributed by atoms with E-state index in [9.17, 15) is 13.2 Å². The Hall–Kier alpha value is -2.65. The summed E-state index contributed by atoms with van der Waals surface area (Å²) in [6.07, 6.45) is 2.94. The lowest BCUT2D eigenvalue weighted by molar-refractivity contribution is -0.126. The van der Waals surface area contributed by atoms with Crippen LogP contribution in [0.4, 0.5) is 0 Å². The highest BCUT2D eigenvalue weighted by Crippen LogP contribution is 2.29. The normalized spacial score (nSPS) is 19.4. The first-order chi connectivity index (χ1) is 14.4. The number of hydrogen-bond acceptors (Lipinski definition) is 6. The van der Waals surface area contributed by atoms with Gasteiger partial charge in [0.2, 0.25) is 5.91 Å². The SMILES string of the molecule is CN(C)C(CNC(=O)C1CCN(C2=NS(=O)(=O)c3ccccc32)CC1)c1ccco1. The summed E-state index contributed by atoms with van der Waals surface area (Å²) in [6, 6.07) is 10.6. The first-order valence-corrected chi connectivity index (χ1v) is 11.5. The Balaban J connectivity index is 1.35. The summed E-state index contributed by atoms with van der Waals surface area (Å²) in [4.78, 5) is 17.0. The van der Waals surface area contributed by atoms with Gasteiger partial charge in [0.05, 0.1) is 12.3 Å². The molecule has 0 radical (unpaired) electrons. The zero-order valence-corrected chi connectivity index (χ0v) is 17.9. The lowest BCUT2D eigenvalue weighted by Crippen LogP contribution is -2.44. The van der Waals surface area contributed by atoms with Gasteiger partial charge < -0.3 is 14.6 Å². The highest BCUT2D eigenvalue weighted by Gasteiger charge is 2.34. The summed E-state index contributed by atoms with van der Waals surface area (Å²) in [6.45, 7) is 1.66. The summed E-state index contributed by atoms with van der Waals surface area (Å²) >= 11 is 0. The minimum atomic E-state index is -3.63. The maximum atomic E-state index is 12.7. The molecule has 2 aliphatic heterocycles. The fourth-order valence-corrected chi connectivity index (χ4v) is 5.26. The number of nitrogens with one attached hydrogen (secondary N) is 1. The average molecular weight is 431 g/mol. The molecule has 2 aromatic rings. The van der Waals surface area contributed by atoms with Crippen LogP contribution in [-0.2, 0) is 14.8 Å². The zero-order valence-electron chi connectivity index (χ0n) is 17.1. The Morgan fingerprint density at radius 2 is 1.97 bits per heavy atom. The Kier molecular flexibility index (Phi) is 5.66. The molecule has 0 aliphatic carbocycles. The van der Waals surface area contributed by atoms with E-state index in [-0.39, 0.29) is 22.8 Å². The number of sulfonamides is 1. The summed E-state index contributed by atoms with van der Waals surface area (Å²) in [5, 5.41) is 3.05. The number of rotatable bonds is 5. The largest absolute Gasteiger partial charge is 0.468 e. The monoisotopic (exact) mass is 430 g/mol. The van der Waals surface area contributed by atoms with Crippen LogP contribution in [0.25, 0.3) is 0 Å². The van der Waals surface area contributed by atoms with E-state index in [1.165, 1.54) is 0 Å². The number of hydrogen-bond donors (Lipinski definition) is 1. The molecule has 1 amide bonds. The van der Waals surface area contributed by atoms with Gasteiger partial charge in [-0.05, 0) is 51.2 Å². The number of amides is 1. The minimum Gasteiger partial charge on any atom is -0.468 e. The molecule has 9 heteroatoms. The summed E-state index contributed by atoms with van der Waals surface area (Å²) < 4.78 is 34.1. The van der Waals surface area contributed by atoms with Gasteiger partial charge in [0.15, 0.2) is 5.84 Å². The quantitative estimate of drug-likeness (QED) is 0.778. The third-order valence-electron chi connectivity index (χ3n) is 5.74. The predicted molar refractivity (Wildman–Crippen MR) is 113 cm³/mol. The first-order valence-electron chi connectivity index (χ1n) is 10.0. The molecule has 8 nitrogen and oxygen atoms in total. The highest BCUT2D eigenvalue weighted by molar-refractivity contribution is 7.90. The van der Waals surface area contributed by atoms with Gasteiger partial charge in [0, 0.05) is 31.1 Å². The van der Waals surface area contributed by atoms with Gasteiger partial charge in [-0.25, -0.2) is 0 Å². The lowest BCUT2D eigenvalue weighted by Gasteiger charge is -2.33. The molecule has 1 N–H and O–H groups in total. The molecule has 1 fully saturated rings. The van der Waals surface area contributed by atoms with E-state index in [0.29, 0.717) is 43.9 Å². The standard InChI is InChI=1S/C21H26N4O4S/c1-24(2)17(18-7-5-13-29-18)14-22-21(26)15-9-11-25(12-10-15)20-16-6-3-4-8-19(16)30(27,28)23-20/h3-8,13,15,17H,9-12,14H2,1-2H3,(H,22,26). The molecule has 160 valence electrons. The molecule has 1 aromatic heterocycles. The number of benzene rings is 1. The molecular formula is C21H26N4O4S. The van der Waals surface area contributed by atoms with Crippen LogP contribution in [0.2, 0.25) is 0 Å². The van der Waals surface area contributed by atoms with Crippen molar-refractivity contribution < 1.29 is 17.6 Å². The van der Waals surface area contributed by atoms with Crippen LogP contribution < -0.4 is 5.32 Å². The molecule has 0 saturated carbocycles. The summed E-state index contributed by atoms with van der Waals surface area (Å²) in [5.74, 6) is 1.23. The van der Waals surface area contributed by atoms with Crippen molar-refractivity contribution in [1.29, 1.82) is 0 Å². The number of likely N-dealkylation sites (N-methyl/N-ethyl adjacent to an activating group) is 1. The third kappa shape index (κ3) is 3.99. The van der Waals surface area contributed by atoms with Gasteiger partial charge in [-0.2, -0.15) is 8.42 Å². The lowest BCUT2D eigenvalue weighted by atomic mass is 9.95. The molecular weight excluding hydrogens is 404 g/mol. The molecule has 30 heavy (non-hydrogen) atoms. The maximum absolute atomic E-state index is 12.7. The molecule has 0 bridgehead atoms. The molecule has 1 unspecified atom stereocenters. The Labute approximate surface area is 176 Å². The molecule has 2 aliphatic rings. The van der Waals surface area contributed by atoms with Crippen molar-refractivity contribution in [1.82, 2.24) is 15.1 Å². The van der Waals surface area contributed by atoms with Crippen LogP contribution in [0.5, 0.6) is 0 Å². The number of amidine groups is 1. The maximum Gasteiger partial charge on any atom is 0.285 e. The number of nitrogens with zero attached hydrogens (tertiary/aromatic N) is 3. The summed E-state index contributed by atoms with van der Waals surface area (Å²) in [5.41, 5.74) is 0.646. The van der Waals surface area contributed by atoms with Crippen LogP contribution in [0, 0.1) is 5.92 Å². The van der Waals surface area contributed by atoms with Crippen molar-refractivity contribution in [3.63, 3.8) is 0 Å². The van der Waals surface area contributed by atoms with E-state index in [0.717, 1.165) is 5.76 Å². The third-order valence-corrected chi connectivity index (χ3v) is 7.07. The van der Waals surface area contributed by atoms with E-state index in [1.54, 1.807) is 24.5 Å². The molecule has 4 rings (SSSR count). The molecule has 1 aromatic carbocycles. The van der Waals surface area contributed by atoms with E-state index < -0.39 is 10.0 Å². The van der Waals surface area contributed by atoms with Crippen LogP contribution in [0.1, 0.15) is 30.2 Å². The highest BCUT2D eigenvalue weighted by atomic mass is 32.2. The fourth-order valence-electron chi connectivity index (χ4n) is 4.03. The number of furan rings is 1. The second-order valence-corrected chi connectivity index (χ2v) is 9.46. The minimum absolute atomic E-state index is 0.0226. The zero-order chi connectivity index (χ0) is 21.3. The molecule has 3 heterocycles. The van der Waals surface area contributed by atoms with Crippen molar-refractivity contribution in [2.24, 2.45) is 10.3 Å². The second-order valence-electron chi connectivity index (χ2n) is 7.89. The van der Waals surface area contributed by atoms with E-state index in [1.807, 2.05) is 42.1 Å². The van der Waals surface area contributed by atoms with Crippen LogP contribution in [0.15, 0.2) is 56.4 Å². The second kappa shape index (κ2) is 8.23. The topological polar surface area (TPSA) is 95.2 Å². The van der Waals surface area contributed by atoms with E-state index >= 15 is 0 Å². The fraction of sp³-hybridized carbons (Fsp3) is 0.429. The number of likely N-dealkylation sites (tertiary alicyclic amines) is 1. The molecule has 1 saturated heterocycles. The Morgan fingerprint density at radius 1 is 1.23 bits per heavy atom. The summed E-state index contributed by atoms with van der Waals surface area (Å²) in [7, 11) is 0.273.